The van der Waals surface area contributed by atoms with Crippen LogP contribution >= 0.6 is 0 Å². The SMILES string of the molecule is CC(=O)N[C@@H]1[C@@H](O)[C@H](O[C@@H]2O[C@H](CO[C@@H]3O[C@@H](C)[C@@H](O)[C@@H](O)[C@@H]3O)[C@@H](O[C@@H]3O[C@H](CO)[C@@H](O)[C@H](O[C@H]4O[C@H](CO)[C@@H](O)[C@H](O)[C@@H]4O)[C@@H]3O)[C@H](O)[C@H]2NC(C)=O)[C@@H](CO[C@@H]2O[C@@H](C)[C@@H](O)[C@@H](O)[C@@H]2O)O[C@H]1O. The number of nitrogens with one attached hydrogen (secondary N) is 2. The van der Waals surface area contributed by atoms with Crippen LogP contribution in [-0.4, -0.2) is 304 Å². The quantitative estimate of drug-likeness (QED) is 0.0682. The topological polar surface area (TPSA) is 483 Å². The summed E-state index contributed by atoms with van der Waals surface area (Å²) in [5.41, 5.74) is 0. The zero-order valence-electron chi connectivity index (χ0n) is 38.6. The highest BCUT2D eigenvalue weighted by atomic mass is 16.8. The predicted molar refractivity (Wildman–Crippen MR) is 220 cm³/mol. The number of hydrogen-bond donors (Lipinski definition) is 18. The Balaban J connectivity index is 1.32. The minimum absolute atomic E-state index is 0.744. The molecule has 6 saturated heterocycles. The molecule has 6 aliphatic heterocycles. The molecule has 0 radical (unpaired) electrons. The maximum Gasteiger partial charge on any atom is 0.217 e. The van der Waals surface area contributed by atoms with Gasteiger partial charge in [0.25, 0.3) is 0 Å². The molecule has 71 heavy (non-hydrogen) atoms. The van der Waals surface area contributed by atoms with E-state index >= 15 is 0 Å². The Labute approximate surface area is 403 Å². The highest BCUT2D eigenvalue weighted by molar-refractivity contribution is 5.73. The van der Waals surface area contributed by atoms with Crippen LogP contribution in [0.4, 0.5) is 0 Å². The fourth-order valence-electron chi connectivity index (χ4n) is 9.01. The van der Waals surface area contributed by atoms with Gasteiger partial charge in [0.05, 0.1) is 38.6 Å². The molecule has 0 aromatic heterocycles. The number of rotatable bonds is 16. The second-order valence-corrected chi connectivity index (χ2v) is 18.3. The first-order chi connectivity index (χ1) is 33.4. The lowest BCUT2D eigenvalue weighted by Crippen LogP contribution is -2.70. The summed E-state index contributed by atoms with van der Waals surface area (Å²) in [7, 11) is 0. The van der Waals surface area contributed by atoms with E-state index in [0.717, 1.165) is 13.8 Å². The Morgan fingerprint density at radius 2 is 0.775 bits per heavy atom. The van der Waals surface area contributed by atoms with E-state index in [1.54, 1.807) is 0 Å². The van der Waals surface area contributed by atoms with E-state index in [1.165, 1.54) is 13.8 Å². The third-order valence-corrected chi connectivity index (χ3v) is 13.1. The number of aliphatic hydroxyl groups is 16. The number of carbonyl (C=O) groups excluding carboxylic acids is 2. The Hall–Kier alpha value is -2.14. The average molecular weight is 1040 g/mol. The first-order valence-electron chi connectivity index (χ1n) is 22.8. The monoisotopic (exact) mass is 1040 g/mol. The lowest BCUT2D eigenvalue weighted by atomic mass is 9.93. The molecule has 6 fully saturated rings. The van der Waals surface area contributed by atoms with Gasteiger partial charge in [0.2, 0.25) is 11.8 Å². The number of hydrogen-bond acceptors (Lipinski definition) is 29. The van der Waals surface area contributed by atoms with Crippen LogP contribution in [0.15, 0.2) is 0 Å². The van der Waals surface area contributed by atoms with Crippen molar-refractivity contribution in [3.05, 3.63) is 0 Å². The summed E-state index contributed by atoms with van der Waals surface area (Å²) in [4.78, 5) is 25.0. The van der Waals surface area contributed by atoms with Crippen LogP contribution in [0.1, 0.15) is 27.7 Å². The minimum Gasteiger partial charge on any atom is -0.394 e. The van der Waals surface area contributed by atoms with Crippen LogP contribution in [0.3, 0.4) is 0 Å². The highest BCUT2D eigenvalue weighted by Crippen LogP contribution is 2.36. The van der Waals surface area contributed by atoms with Gasteiger partial charge in [-0.25, -0.2) is 0 Å². The molecule has 6 heterocycles. The number of amides is 2. The van der Waals surface area contributed by atoms with Crippen LogP contribution in [0.2, 0.25) is 0 Å². The third-order valence-electron chi connectivity index (χ3n) is 13.1. The Bertz CT molecular complexity index is 1710. The summed E-state index contributed by atoms with van der Waals surface area (Å²) in [5, 5.41) is 176. The van der Waals surface area contributed by atoms with Gasteiger partial charge < -0.3 is 144 Å². The highest BCUT2D eigenvalue weighted by Gasteiger charge is 2.57. The van der Waals surface area contributed by atoms with Gasteiger partial charge in [0.1, 0.15) is 134 Å². The molecule has 0 saturated carbocycles. The standard InChI is InChI=1S/C40H68N2O29/c1-9-19(47)25(53)28(56)37(63-9)61-7-15-32(23(51)17(35(60)65-15)41-11(3)45)69-36-18(42-12(4)46)24(52)33(16(68-36)8-62-38-29(57)26(54)20(48)10(2)64-38)70-40-31(59)34(22(50)14(6-44)67-40)71-39-30(58)27(55)21(49)13(5-43)66-39/h9-10,13-40,43-44,47-60H,5-8H2,1-4H3,(H,41,45)(H,42,46)/t9-,10-,13+,14+,15+,16+,17+,18+,19+,20+,21+,22+,23+,24+,25+,26+,27-,28-,29-,30-,31-,32+,33+,34-,35+,36-,37+,38+,39+,40-/m0/s1. The van der Waals surface area contributed by atoms with E-state index in [-0.39, 0.29) is 0 Å². The fraction of sp³-hybridized carbons (Fsp3) is 0.950. The second kappa shape index (κ2) is 24.7. The number of ether oxygens (including phenoxy) is 11. The van der Waals surface area contributed by atoms with Crippen LogP contribution < -0.4 is 10.6 Å². The second-order valence-electron chi connectivity index (χ2n) is 18.3. The lowest BCUT2D eigenvalue weighted by molar-refractivity contribution is -0.383. The molecule has 31 nitrogen and oxygen atoms in total. The minimum atomic E-state index is -2.19. The van der Waals surface area contributed by atoms with E-state index in [9.17, 15) is 91.3 Å². The molecule has 18 N–H and O–H groups in total. The summed E-state index contributed by atoms with van der Waals surface area (Å²) in [6, 6.07) is -3.44. The average Bonchev–Trinajstić information content (AvgIpc) is 3.32. The number of aliphatic hydroxyl groups excluding tert-OH is 16. The zero-order valence-corrected chi connectivity index (χ0v) is 38.6. The van der Waals surface area contributed by atoms with E-state index in [4.69, 9.17) is 52.1 Å². The van der Waals surface area contributed by atoms with E-state index in [0.29, 0.717) is 0 Å². The molecule has 0 aromatic rings. The van der Waals surface area contributed by atoms with E-state index < -0.39 is 222 Å². The maximum atomic E-state index is 12.8. The molecule has 30 atom stereocenters. The smallest absolute Gasteiger partial charge is 0.217 e. The van der Waals surface area contributed by atoms with Gasteiger partial charge in [-0.3, -0.25) is 9.59 Å². The van der Waals surface area contributed by atoms with Crippen molar-refractivity contribution >= 4 is 11.8 Å². The van der Waals surface area contributed by atoms with Crippen LogP contribution in [-0.2, 0) is 61.7 Å². The van der Waals surface area contributed by atoms with Gasteiger partial charge in [0, 0.05) is 13.8 Å². The van der Waals surface area contributed by atoms with Gasteiger partial charge in [-0.15, -0.1) is 0 Å². The molecule has 0 aliphatic carbocycles. The van der Waals surface area contributed by atoms with Gasteiger partial charge >= 0.3 is 0 Å². The van der Waals surface area contributed by atoms with Crippen molar-refractivity contribution in [1.82, 2.24) is 10.6 Å². The van der Waals surface area contributed by atoms with Crippen LogP contribution in [0, 0.1) is 0 Å². The van der Waals surface area contributed by atoms with E-state index in [1.807, 2.05) is 0 Å². The third kappa shape index (κ3) is 12.8. The summed E-state index contributed by atoms with van der Waals surface area (Å²) in [6.07, 6.45) is -50.3. The molecule has 0 unspecified atom stereocenters. The Morgan fingerprint density at radius 3 is 1.27 bits per heavy atom. The Kier molecular flexibility index (Phi) is 20.2. The lowest BCUT2D eigenvalue weighted by Gasteiger charge is -2.50. The number of carbonyl (C=O) groups is 2. The summed E-state index contributed by atoms with van der Waals surface area (Å²) in [5.74, 6) is -1.61. The fourth-order valence-corrected chi connectivity index (χ4v) is 9.01. The largest absolute Gasteiger partial charge is 0.394 e. The molecular formula is C40H68N2O29. The van der Waals surface area contributed by atoms with E-state index in [2.05, 4.69) is 10.6 Å². The van der Waals surface area contributed by atoms with Crippen molar-refractivity contribution in [2.75, 3.05) is 26.4 Å². The predicted octanol–water partition coefficient (Wildman–Crippen LogP) is -11.8. The molecule has 0 bridgehead atoms. The van der Waals surface area contributed by atoms with Crippen molar-refractivity contribution in [3.63, 3.8) is 0 Å². The molecule has 6 aliphatic rings. The summed E-state index contributed by atoms with van der Waals surface area (Å²) >= 11 is 0. The summed E-state index contributed by atoms with van der Waals surface area (Å²) < 4.78 is 63.5. The van der Waals surface area contributed by atoms with Crippen molar-refractivity contribution < 1.29 is 143 Å². The summed E-state index contributed by atoms with van der Waals surface area (Å²) in [6.45, 7) is 1.31. The first-order valence-corrected chi connectivity index (χ1v) is 22.8. The van der Waals surface area contributed by atoms with Crippen molar-refractivity contribution in [1.29, 1.82) is 0 Å². The molecule has 0 aromatic carbocycles. The molecule has 0 spiro atoms. The maximum absolute atomic E-state index is 12.8. The van der Waals surface area contributed by atoms with Crippen LogP contribution in [0.25, 0.3) is 0 Å². The molecule has 2 amide bonds. The molecular weight excluding hydrogens is 972 g/mol. The normalized spacial score (nSPS) is 50.8. The Morgan fingerprint density at radius 1 is 0.394 bits per heavy atom. The van der Waals surface area contributed by atoms with Gasteiger partial charge in [-0.05, 0) is 13.8 Å². The first kappa shape index (κ1) is 58.1. The van der Waals surface area contributed by atoms with Crippen molar-refractivity contribution in [2.24, 2.45) is 0 Å². The van der Waals surface area contributed by atoms with Crippen molar-refractivity contribution in [3.8, 4) is 0 Å². The van der Waals surface area contributed by atoms with Gasteiger partial charge in [-0.2, -0.15) is 0 Å². The van der Waals surface area contributed by atoms with Crippen molar-refractivity contribution in [2.45, 2.75) is 212 Å². The van der Waals surface area contributed by atoms with Gasteiger partial charge in [0.15, 0.2) is 37.7 Å². The zero-order chi connectivity index (χ0) is 52.5. The molecule has 6 rings (SSSR count). The van der Waals surface area contributed by atoms with Crippen LogP contribution in [0.5, 0.6) is 0 Å². The molecule has 412 valence electrons. The van der Waals surface area contributed by atoms with Gasteiger partial charge in [-0.1, -0.05) is 0 Å². The molecule has 31 heteroatoms.